The van der Waals surface area contributed by atoms with E-state index >= 15 is 0 Å². The van der Waals surface area contributed by atoms with Gasteiger partial charge < -0.3 is 10.1 Å². The fourth-order valence-corrected chi connectivity index (χ4v) is 4.76. The molecule has 0 aliphatic heterocycles. The van der Waals surface area contributed by atoms with Gasteiger partial charge in [0.25, 0.3) is 5.91 Å². The third-order valence-electron chi connectivity index (χ3n) is 4.54. The normalized spacial score (nSPS) is 11.1. The topological polar surface area (TPSA) is 62.1 Å². The molecule has 8 heteroatoms. The summed E-state index contributed by atoms with van der Waals surface area (Å²) in [6, 6.07) is 17.0. The maximum Gasteiger partial charge on any atom is 0.266 e. The number of rotatable bonds is 6. The summed E-state index contributed by atoms with van der Waals surface area (Å²) in [5.41, 5.74) is 2.27. The number of ether oxygens (including phenoxy) is 1. The number of hydrogen-bond acceptors (Lipinski definition) is 3. The van der Waals surface area contributed by atoms with Gasteiger partial charge in [0, 0.05) is 16.3 Å². The predicted octanol–water partition coefficient (Wildman–Crippen LogP) is 7.28. The molecule has 0 unspecified atom stereocenters. The molecule has 4 nitrogen and oxygen atoms in total. The SMILES string of the molecule is Cc1c(Cl)cccc1NC(=O)/C(C#N)=C\c1cc(Br)c(OCc2ccccc2F)c(I)c1. The van der Waals surface area contributed by atoms with E-state index in [2.05, 4.69) is 43.8 Å². The lowest BCUT2D eigenvalue weighted by atomic mass is 10.1. The third-order valence-corrected chi connectivity index (χ3v) is 6.34. The molecule has 162 valence electrons. The number of carbonyl (C=O) groups excluding carboxylic acids is 1. The Balaban J connectivity index is 1.80. The first-order valence-electron chi connectivity index (χ1n) is 9.33. The lowest BCUT2D eigenvalue weighted by Crippen LogP contribution is -2.14. The highest BCUT2D eigenvalue weighted by Gasteiger charge is 2.14. The molecular formula is C24H16BrClFIN2O2. The van der Waals surface area contributed by atoms with Crippen molar-refractivity contribution in [3.63, 3.8) is 0 Å². The highest BCUT2D eigenvalue weighted by molar-refractivity contribution is 14.1. The molecule has 0 aliphatic carbocycles. The van der Waals surface area contributed by atoms with Crippen molar-refractivity contribution in [2.75, 3.05) is 5.32 Å². The van der Waals surface area contributed by atoms with Crippen LogP contribution in [-0.2, 0) is 11.4 Å². The zero-order chi connectivity index (χ0) is 23.3. The first-order valence-corrected chi connectivity index (χ1v) is 11.6. The van der Waals surface area contributed by atoms with Crippen LogP contribution in [0.15, 0.2) is 64.6 Å². The van der Waals surface area contributed by atoms with Gasteiger partial charge in [0.15, 0.2) is 0 Å². The van der Waals surface area contributed by atoms with Crippen molar-refractivity contribution in [1.82, 2.24) is 0 Å². The molecule has 0 saturated carbocycles. The van der Waals surface area contributed by atoms with Gasteiger partial charge >= 0.3 is 0 Å². The average molecular weight is 626 g/mol. The van der Waals surface area contributed by atoms with E-state index in [0.717, 1.165) is 3.57 Å². The molecule has 32 heavy (non-hydrogen) atoms. The molecule has 0 fully saturated rings. The molecule has 0 spiro atoms. The number of nitrogens with zero attached hydrogens (tertiary/aromatic N) is 1. The number of amides is 1. The minimum Gasteiger partial charge on any atom is -0.486 e. The maximum atomic E-state index is 13.8. The van der Waals surface area contributed by atoms with Crippen LogP contribution in [0.2, 0.25) is 5.02 Å². The smallest absolute Gasteiger partial charge is 0.266 e. The minimum absolute atomic E-state index is 0.0629. The van der Waals surface area contributed by atoms with Gasteiger partial charge in [-0.2, -0.15) is 5.26 Å². The standard InChI is InChI=1S/C24H16BrClFIN2O2/c1-14-19(26)6-4-8-22(14)30-24(31)17(12-29)9-15-10-18(25)23(21(28)11-15)32-13-16-5-2-3-7-20(16)27/h2-11H,13H2,1H3,(H,30,31)/b17-9-. The van der Waals surface area contributed by atoms with Crippen LogP contribution >= 0.6 is 50.1 Å². The summed E-state index contributed by atoms with van der Waals surface area (Å²) >= 11 is 11.6. The van der Waals surface area contributed by atoms with Crippen LogP contribution in [0.3, 0.4) is 0 Å². The van der Waals surface area contributed by atoms with Crippen LogP contribution in [0.1, 0.15) is 16.7 Å². The second kappa shape index (κ2) is 10.9. The Labute approximate surface area is 212 Å². The number of carbonyl (C=O) groups is 1. The quantitative estimate of drug-likeness (QED) is 0.178. The van der Waals surface area contributed by atoms with Gasteiger partial charge in [-0.1, -0.05) is 35.9 Å². The number of nitrogens with one attached hydrogen (secondary N) is 1. The van der Waals surface area contributed by atoms with E-state index in [1.165, 1.54) is 12.1 Å². The number of nitriles is 1. The van der Waals surface area contributed by atoms with Crippen LogP contribution in [0.25, 0.3) is 6.08 Å². The zero-order valence-electron chi connectivity index (χ0n) is 16.8. The van der Waals surface area contributed by atoms with Gasteiger partial charge in [0.1, 0.15) is 29.8 Å². The van der Waals surface area contributed by atoms with E-state index in [0.29, 0.717) is 37.6 Å². The van der Waals surface area contributed by atoms with E-state index in [1.54, 1.807) is 55.5 Å². The molecule has 0 saturated heterocycles. The van der Waals surface area contributed by atoms with Crippen molar-refractivity contribution < 1.29 is 13.9 Å². The van der Waals surface area contributed by atoms with Crippen LogP contribution in [0.4, 0.5) is 10.1 Å². The molecule has 3 aromatic rings. The van der Waals surface area contributed by atoms with Crippen LogP contribution in [0.5, 0.6) is 5.75 Å². The Kier molecular flexibility index (Phi) is 8.29. The molecule has 3 aromatic carbocycles. The molecule has 0 heterocycles. The Morgan fingerprint density at radius 1 is 1.28 bits per heavy atom. The molecule has 3 rings (SSSR count). The number of hydrogen-bond donors (Lipinski definition) is 1. The Bertz CT molecular complexity index is 1230. The first-order chi connectivity index (χ1) is 15.3. The van der Waals surface area contributed by atoms with Gasteiger partial charge in [0.05, 0.1) is 8.04 Å². The fraction of sp³-hybridized carbons (Fsp3) is 0.0833. The van der Waals surface area contributed by atoms with E-state index in [1.807, 2.05) is 6.07 Å². The van der Waals surface area contributed by atoms with Gasteiger partial charge in [0.2, 0.25) is 0 Å². The van der Waals surface area contributed by atoms with Crippen molar-refractivity contribution >= 4 is 67.8 Å². The second-order valence-electron chi connectivity index (χ2n) is 6.73. The molecule has 0 aliphatic rings. The molecule has 0 radical (unpaired) electrons. The summed E-state index contributed by atoms with van der Waals surface area (Å²) in [4.78, 5) is 12.6. The third kappa shape index (κ3) is 5.88. The van der Waals surface area contributed by atoms with Crippen molar-refractivity contribution in [3.8, 4) is 11.8 Å². The van der Waals surface area contributed by atoms with E-state index in [-0.39, 0.29) is 18.0 Å². The Morgan fingerprint density at radius 2 is 2.03 bits per heavy atom. The summed E-state index contributed by atoms with van der Waals surface area (Å²) in [5.74, 6) is -0.329. The van der Waals surface area contributed by atoms with Crippen molar-refractivity contribution in [2.24, 2.45) is 0 Å². The molecule has 1 N–H and O–H groups in total. The monoisotopic (exact) mass is 624 g/mol. The zero-order valence-corrected chi connectivity index (χ0v) is 21.3. The number of anilines is 1. The molecule has 1 amide bonds. The van der Waals surface area contributed by atoms with Gasteiger partial charge in [-0.3, -0.25) is 4.79 Å². The molecule has 0 bridgehead atoms. The highest BCUT2D eigenvalue weighted by Crippen LogP contribution is 2.33. The van der Waals surface area contributed by atoms with E-state index in [9.17, 15) is 14.4 Å². The van der Waals surface area contributed by atoms with Gasteiger partial charge in [-0.15, -0.1) is 0 Å². The van der Waals surface area contributed by atoms with Crippen molar-refractivity contribution in [1.29, 1.82) is 5.26 Å². The highest BCUT2D eigenvalue weighted by atomic mass is 127. The largest absolute Gasteiger partial charge is 0.486 e. The van der Waals surface area contributed by atoms with Crippen LogP contribution in [-0.4, -0.2) is 5.91 Å². The minimum atomic E-state index is -0.538. The lowest BCUT2D eigenvalue weighted by molar-refractivity contribution is -0.112. The number of halogens is 4. The molecular weight excluding hydrogens is 610 g/mol. The summed E-state index contributed by atoms with van der Waals surface area (Å²) < 4.78 is 21.0. The summed E-state index contributed by atoms with van der Waals surface area (Å²) in [5, 5.41) is 12.8. The van der Waals surface area contributed by atoms with E-state index < -0.39 is 5.91 Å². The van der Waals surface area contributed by atoms with Gasteiger partial charge in [-0.25, -0.2) is 4.39 Å². The first kappa shape index (κ1) is 24.2. The Morgan fingerprint density at radius 3 is 2.72 bits per heavy atom. The fourth-order valence-electron chi connectivity index (χ4n) is 2.81. The Hall–Kier alpha value is -2.41. The summed E-state index contributed by atoms with van der Waals surface area (Å²) in [6.45, 7) is 1.86. The average Bonchev–Trinajstić information content (AvgIpc) is 2.75. The summed E-state index contributed by atoms with van der Waals surface area (Å²) in [7, 11) is 0. The second-order valence-corrected chi connectivity index (χ2v) is 9.15. The van der Waals surface area contributed by atoms with Crippen molar-refractivity contribution in [3.05, 3.63) is 95.7 Å². The van der Waals surface area contributed by atoms with Gasteiger partial charge in [-0.05, 0) is 93.0 Å². The van der Waals surface area contributed by atoms with Crippen molar-refractivity contribution in [2.45, 2.75) is 13.5 Å². The predicted molar refractivity (Wildman–Crippen MR) is 136 cm³/mol. The number of benzene rings is 3. The maximum absolute atomic E-state index is 13.8. The van der Waals surface area contributed by atoms with E-state index in [4.69, 9.17) is 16.3 Å². The van der Waals surface area contributed by atoms with Crippen LogP contribution in [0, 0.1) is 27.6 Å². The summed E-state index contributed by atoms with van der Waals surface area (Å²) in [6.07, 6.45) is 1.49. The molecule has 0 aromatic heterocycles. The lowest BCUT2D eigenvalue weighted by Gasteiger charge is -2.12. The molecule has 0 atom stereocenters. The van der Waals surface area contributed by atoms with Crippen LogP contribution < -0.4 is 10.1 Å².